The first kappa shape index (κ1) is 17.5. The van der Waals surface area contributed by atoms with E-state index in [0.717, 1.165) is 30.8 Å². The van der Waals surface area contributed by atoms with Gasteiger partial charge in [-0.05, 0) is 44.2 Å². The predicted molar refractivity (Wildman–Crippen MR) is 95.0 cm³/mol. The Balaban J connectivity index is 1.52. The molecule has 0 radical (unpaired) electrons. The van der Waals surface area contributed by atoms with Crippen molar-refractivity contribution in [3.8, 4) is 0 Å². The summed E-state index contributed by atoms with van der Waals surface area (Å²) < 4.78 is 46.5. The molecule has 6 nitrogen and oxygen atoms in total. The molecule has 2 aliphatic rings. The number of fused-ring (bicyclic) bond motifs is 1. The van der Waals surface area contributed by atoms with Crippen LogP contribution in [0.5, 0.6) is 0 Å². The highest BCUT2D eigenvalue weighted by atomic mass is 19.4. The van der Waals surface area contributed by atoms with Crippen LogP contribution < -0.4 is 4.90 Å². The normalized spacial score (nSPS) is 22.0. The Bertz CT molecular complexity index is 1040. The maximum atomic E-state index is 13.1. The predicted octanol–water partition coefficient (Wildman–Crippen LogP) is 4.34. The smallest absolute Gasteiger partial charge is 0.453 e. The summed E-state index contributed by atoms with van der Waals surface area (Å²) >= 11 is 0. The topological polar surface area (TPSA) is 59.5 Å². The molecule has 0 amide bonds. The lowest BCUT2D eigenvalue weighted by atomic mass is 10.3. The van der Waals surface area contributed by atoms with Crippen molar-refractivity contribution in [2.24, 2.45) is 5.92 Å². The van der Waals surface area contributed by atoms with Crippen LogP contribution in [0.15, 0.2) is 22.6 Å². The fraction of sp³-hybridized carbons (Fsp3) is 0.526. The van der Waals surface area contributed by atoms with Gasteiger partial charge < -0.3 is 9.32 Å². The Morgan fingerprint density at radius 2 is 2.00 bits per heavy atom. The van der Waals surface area contributed by atoms with Gasteiger partial charge >= 0.3 is 6.18 Å². The molecule has 0 spiro atoms. The summed E-state index contributed by atoms with van der Waals surface area (Å²) in [6.07, 6.45) is -1.50. The van der Waals surface area contributed by atoms with E-state index in [9.17, 15) is 13.2 Å². The van der Waals surface area contributed by atoms with Gasteiger partial charge in [-0.1, -0.05) is 6.92 Å². The highest BCUT2D eigenvalue weighted by Crippen LogP contribution is 2.47. The van der Waals surface area contributed by atoms with Gasteiger partial charge in [0.1, 0.15) is 17.3 Å². The molecule has 0 aliphatic heterocycles. The summed E-state index contributed by atoms with van der Waals surface area (Å²) in [5.74, 6) is 2.28. The van der Waals surface area contributed by atoms with Crippen LogP contribution in [0.2, 0.25) is 0 Å². The van der Waals surface area contributed by atoms with Crippen molar-refractivity contribution < 1.29 is 17.6 Å². The highest BCUT2D eigenvalue weighted by molar-refractivity contribution is 5.49. The minimum atomic E-state index is -4.61. The summed E-state index contributed by atoms with van der Waals surface area (Å²) in [6.45, 7) is 4.42. The molecule has 28 heavy (non-hydrogen) atoms. The Morgan fingerprint density at radius 3 is 2.64 bits per heavy atom. The summed E-state index contributed by atoms with van der Waals surface area (Å²) in [7, 11) is 0. The van der Waals surface area contributed by atoms with Crippen LogP contribution in [-0.2, 0) is 12.7 Å². The number of aromatic nitrogens is 4. The maximum absolute atomic E-state index is 13.1. The van der Waals surface area contributed by atoms with E-state index in [2.05, 4.69) is 26.9 Å². The van der Waals surface area contributed by atoms with E-state index in [1.54, 1.807) is 13.0 Å². The highest BCUT2D eigenvalue weighted by Gasteiger charge is 2.39. The van der Waals surface area contributed by atoms with Crippen molar-refractivity contribution in [1.29, 1.82) is 0 Å². The number of hydrogen-bond donors (Lipinski definition) is 0. The van der Waals surface area contributed by atoms with Crippen molar-refractivity contribution in [1.82, 2.24) is 19.6 Å². The van der Waals surface area contributed by atoms with E-state index in [1.807, 2.05) is 12.1 Å². The molecular weight excluding hydrogens is 371 g/mol. The van der Waals surface area contributed by atoms with Gasteiger partial charge in [0.2, 0.25) is 0 Å². The average Bonchev–Trinajstić information content (AvgIpc) is 3.49. The summed E-state index contributed by atoms with van der Waals surface area (Å²) in [5, 5.41) is 3.70. The fourth-order valence-corrected chi connectivity index (χ4v) is 3.64. The number of rotatable bonds is 5. The molecule has 3 heterocycles. The molecule has 0 saturated heterocycles. The second-order valence-electron chi connectivity index (χ2n) is 7.88. The molecule has 3 aromatic heterocycles. The first-order valence-electron chi connectivity index (χ1n) is 9.46. The molecule has 2 aliphatic carbocycles. The molecule has 148 valence electrons. The van der Waals surface area contributed by atoms with Gasteiger partial charge in [-0.15, -0.1) is 5.10 Å². The second kappa shape index (κ2) is 5.96. The van der Waals surface area contributed by atoms with Gasteiger partial charge in [-0.2, -0.15) is 22.7 Å². The minimum Gasteiger partial charge on any atom is -0.464 e. The Morgan fingerprint density at radius 1 is 1.25 bits per heavy atom. The molecule has 0 aromatic carbocycles. The molecule has 0 unspecified atom stereocenters. The number of aryl methyl sites for hydroxylation is 1. The first-order chi connectivity index (χ1) is 13.3. The zero-order chi connectivity index (χ0) is 19.6. The number of alkyl halides is 3. The van der Waals surface area contributed by atoms with Gasteiger partial charge in [-0.25, -0.2) is 4.98 Å². The van der Waals surface area contributed by atoms with Crippen molar-refractivity contribution in [3.05, 3.63) is 41.2 Å². The Kier molecular flexibility index (Phi) is 3.73. The van der Waals surface area contributed by atoms with Gasteiger partial charge in [0, 0.05) is 23.7 Å². The van der Waals surface area contributed by atoms with Crippen molar-refractivity contribution >= 4 is 11.6 Å². The molecule has 9 heteroatoms. The molecule has 5 rings (SSSR count). The number of nitrogens with zero attached hydrogens (tertiary/aromatic N) is 5. The summed E-state index contributed by atoms with van der Waals surface area (Å²) in [5.41, 5.74) is 0.598. The van der Waals surface area contributed by atoms with Gasteiger partial charge in [-0.3, -0.25) is 0 Å². The lowest BCUT2D eigenvalue weighted by Crippen LogP contribution is -2.27. The number of halogens is 3. The van der Waals surface area contributed by atoms with Gasteiger partial charge in [0.05, 0.1) is 6.54 Å². The van der Waals surface area contributed by atoms with E-state index in [0.29, 0.717) is 29.9 Å². The van der Waals surface area contributed by atoms with E-state index >= 15 is 0 Å². The fourth-order valence-electron chi connectivity index (χ4n) is 3.64. The Hall–Kier alpha value is -2.58. The molecule has 2 fully saturated rings. The van der Waals surface area contributed by atoms with E-state index < -0.39 is 12.0 Å². The van der Waals surface area contributed by atoms with Crippen LogP contribution in [0.4, 0.5) is 19.0 Å². The number of furan rings is 1. The van der Waals surface area contributed by atoms with Crippen LogP contribution in [0.1, 0.15) is 55.1 Å². The number of anilines is 1. The van der Waals surface area contributed by atoms with E-state index in [4.69, 9.17) is 4.42 Å². The summed E-state index contributed by atoms with van der Waals surface area (Å²) in [6, 6.07) is 5.98. The third kappa shape index (κ3) is 3.12. The van der Waals surface area contributed by atoms with Crippen molar-refractivity contribution in [2.75, 3.05) is 4.90 Å². The van der Waals surface area contributed by atoms with Crippen LogP contribution in [0, 0.1) is 12.8 Å². The molecule has 3 aromatic rings. The quantitative estimate of drug-likeness (QED) is 0.648. The van der Waals surface area contributed by atoms with E-state index in [1.165, 1.54) is 4.52 Å². The zero-order valence-corrected chi connectivity index (χ0v) is 15.6. The van der Waals surface area contributed by atoms with E-state index in [-0.39, 0.29) is 11.8 Å². The van der Waals surface area contributed by atoms with Crippen LogP contribution in [0.25, 0.3) is 5.78 Å². The second-order valence-corrected chi connectivity index (χ2v) is 7.88. The Labute approximate surface area is 159 Å². The molecule has 0 N–H and O–H groups in total. The molecule has 2 saturated carbocycles. The van der Waals surface area contributed by atoms with Crippen molar-refractivity contribution in [3.63, 3.8) is 0 Å². The molecule has 0 bridgehead atoms. The van der Waals surface area contributed by atoms with Crippen molar-refractivity contribution in [2.45, 2.75) is 57.8 Å². The minimum absolute atomic E-state index is 0.0417. The average molecular weight is 391 g/mol. The SMILES string of the molecule is Cc1cc(N(Cc2ccc([C@H]3C[C@@H]3C)o2)C2CC2)n2nc(C(F)(F)F)nc2n1. The van der Waals surface area contributed by atoms with Crippen LogP contribution in [0.3, 0.4) is 0 Å². The monoisotopic (exact) mass is 391 g/mol. The standard InChI is InChI=1S/C19H20F3N5O/c1-10-7-14(10)15-6-5-13(28-15)9-26(12-3-4-12)16-8-11(2)23-18-24-17(19(20,21)22)25-27(16)18/h5-6,8,10,12,14H,3-4,7,9H2,1-2H3/t10-,14-/m0/s1. The molecular formula is C19H20F3N5O. The van der Waals surface area contributed by atoms with Crippen LogP contribution >= 0.6 is 0 Å². The third-order valence-corrected chi connectivity index (χ3v) is 5.44. The van der Waals surface area contributed by atoms with Gasteiger partial charge in [0.25, 0.3) is 11.6 Å². The largest absolute Gasteiger partial charge is 0.464 e. The van der Waals surface area contributed by atoms with Gasteiger partial charge in [0.15, 0.2) is 0 Å². The zero-order valence-electron chi connectivity index (χ0n) is 15.6. The third-order valence-electron chi connectivity index (χ3n) is 5.44. The molecule has 2 atom stereocenters. The summed E-state index contributed by atoms with van der Waals surface area (Å²) in [4.78, 5) is 9.76. The lowest BCUT2D eigenvalue weighted by molar-refractivity contribution is -0.144. The number of hydrogen-bond acceptors (Lipinski definition) is 5. The van der Waals surface area contributed by atoms with Crippen LogP contribution in [-0.4, -0.2) is 25.6 Å². The maximum Gasteiger partial charge on any atom is 0.453 e. The lowest BCUT2D eigenvalue weighted by Gasteiger charge is -2.24. The first-order valence-corrected chi connectivity index (χ1v) is 9.46.